The minimum atomic E-state index is 0.468. The monoisotopic (exact) mass is 357 g/mol. The molecule has 0 radical (unpaired) electrons. The Labute approximate surface area is 156 Å². The van der Waals surface area contributed by atoms with Crippen molar-refractivity contribution in [1.29, 1.82) is 0 Å². The van der Waals surface area contributed by atoms with Gasteiger partial charge in [-0.1, -0.05) is 13.0 Å². The highest BCUT2D eigenvalue weighted by molar-refractivity contribution is 5.85. The predicted molar refractivity (Wildman–Crippen MR) is 104 cm³/mol. The zero-order chi connectivity index (χ0) is 17.9. The Bertz CT molecular complexity index is 728. The van der Waals surface area contributed by atoms with E-state index in [1.165, 1.54) is 23.9 Å². The molecule has 0 spiro atoms. The van der Waals surface area contributed by atoms with Crippen molar-refractivity contribution in [2.24, 2.45) is 0 Å². The first-order valence-electron chi connectivity index (χ1n) is 10.3. The highest BCUT2D eigenvalue weighted by Gasteiger charge is 2.28. The highest BCUT2D eigenvalue weighted by Crippen LogP contribution is 2.33. The Kier molecular flexibility index (Phi) is 5.46. The lowest BCUT2D eigenvalue weighted by molar-refractivity contribution is 0.0214. The molecule has 1 aromatic carbocycles. The fourth-order valence-electron chi connectivity index (χ4n) is 4.45. The quantitative estimate of drug-likeness (QED) is 0.816. The number of piperidine rings is 1. The van der Waals surface area contributed by atoms with E-state index in [2.05, 4.69) is 34.7 Å². The third-order valence-corrected chi connectivity index (χ3v) is 5.98. The molecule has 2 aromatic rings. The first kappa shape index (κ1) is 17.8. The van der Waals surface area contributed by atoms with Gasteiger partial charge in [-0.2, -0.15) is 0 Å². The molecule has 0 aliphatic carbocycles. The molecule has 1 aromatic heterocycles. The van der Waals surface area contributed by atoms with E-state index in [0.29, 0.717) is 18.7 Å². The number of ether oxygens (including phenoxy) is 2. The summed E-state index contributed by atoms with van der Waals surface area (Å²) in [5, 5.41) is 6.04. The molecule has 2 aliphatic heterocycles. The molecule has 2 aliphatic rings. The summed E-state index contributed by atoms with van der Waals surface area (Å²) in [5.41, 5.74) is 2.56. The van der Waals surface area contributed by atoms with Crippen LogP contribution in [-0.2, 0) is 11.2 Å². The summed E-state index contributed by atoms with van der Waals surface area (Å²) < 4.78 is 13.6. The number of hydrogen-bond donors (Lipinski definition) is 0. The van der Waals surface area contributed by atoms with Gasteiger partial charge in [0.15, 0.2) is 0 Å². The second-order valence-electron chi connectivity index (χ2n) is 7.50. The standard InChI is InChI=1S/C21H31N3O2/c1-3-16-5-6-20-19(15-16)21(26-4-2)22-24(20)18-7-11-23(12-8-18)17-9-13-25-14-10-17/h5-6,15,17-18H,3-4,7-14H2,1-2H3. The number of benzene rings is 1. The third kappa shape index (κ3) is 3.47. The summed E-state index contributed by atoms with van der Waals surface area (Å²) in [5.74, 6) is 0.796. The maximum Gasteiger partial charge on any atom is 0.240 e. The number of likely N-dealkylation sites (tertiary alicyclic amines) is 1. The van der Waals surface area contributed by atoms with Crippen LogP contribution in [0.3, 0.4) is 0 Å². The SMILES string of the molecule is CCOc1nn(C2CCN(C3CCOCC3)CC2)c2ccc(CC)cc12. The van der Waals surface area contributed by atoms with Crippen LogP contribution in [0, 0.1) is 0 Å². The largest absolute Gasteiger partial charge is 0.476 e. The van der Waals surface area contributed by atoms with Crippen LogP contribution >= 0.6 is 0 Å². The van der Waals surface area contributed by atoms with Crippen LogP contribution in [0.4, 0.5) is 0 Å². The minimum absolute atomic E-state index is 0.468. The van der Waals surface area contributed by atoms with Crippen molar-refractivity contribution in [3.63, 3.8) is 0 Å². The number of aryl methyl sites for hydroxylation is 1. The van der Waals surface area contributed by atoms with Crippen LogP contribution in [0.5, 0.6) is 5.88 Å². The first-order valence-corrected chi connectivity index (χ1v) is 10.3. The maximum absolute atomic E-state index is 5.85. The molecule has 0 amide bonds. The van der Waals surface area contributed by atoms with Crippen LogP contribution < -0.4 is 4.74 Å². The number of fused-ring (bicyclic) bond motifs is 1. The summed E-state index contributed by atoms with van der Waals surface area (Å²) in [6, 6.07) is 7.89. The third-order valence-electron chi connectivity index (χ3n) is 5.98. The van der Waals surface area contributed by atoms with Gasteiger partial charge in [0.05, 0.1) is 23.6 Å². The predicted octanol–water partition coefficient (Wildman–Crippen LogP) is 3.81. The topological polar surface area (TPSA) is 39.5 Å². The Morgan fingerprint density at radius 3 is 2.54 bits per heavy atom. The molecule has 3 heterocycles. The van der Waals surface area contributed by atoms with Crippen LogP contribution in [0.2, 0.25) is 0 Å². The van der Waals surface area contributed by atoms with Crippen molar-refractivity contribution in [3.05, 3.63) is 23.8 Å². The second kappa shape index (κ2) is 7.97. The van der Waals surface area contributed by atoms with Crippen molar-refractivity contribution in [2.75, 3.05) is 32.9 Å². The van der Waals surface area contributed by atoms with Gasteiger partial charge in [-0.3, -0.25) is 4.68 Å². The Morgan fingerprint density at radius 2 is 1.85 bits per heavy atom. The van der Waals surface area contributed by atoms with Gasteiger partial charge in [0.1, 0.15) is 0 Å². The fraction of sp³-hybridized carbons (Fsp3) is 0.667. The van der Waals surface area contributed by atoms with Crippen molar-refractivity contribution in [2.45, 2.75) is 58.0 Å². The normalized spacial score (nSPS) is 20.7. The lowest BCUT2D eigenvalue weighted by Gasteiger charge is -2.39. The Morgan fingerprint density at radius 1 is 1.08 bits per heavy atom. The van der Waals surface area contributed by atoms with Gasteiger partial charge >= 0.3 is 0 Å². The zero-order valence-electron chi connectivity index (χ0n) is 16.1. The molecule has 0 N–H and O–H groups in total. The molecule has 142 valence electrons. The first-order chi connectivity index (χ1) is 12.8. The molecule has 26 heavy (non-hydrogen) atoms. The lowest BCUT2D eigenvalue weighted by Crippen LogP contribution is -2.44. The van der Waals surface area contributed by atoms with E-state index < -0.39 is 0 Å². The molecule has 2 fully saturated rings. The molecular formula is C21H31N3O2. The van der Waals surface area contributed by atoms with Gasteiger partial charge in [0.2, 0.25) is 5.88 Å². The summed E-state index contributed by atoms with van der Waals surface area (Å²) in [7, 11) is 0. The van der Waals surface area contributed by atoms with E-state index in [0.717, 1.165) is 56.8 Å². The number of rotatable bonds is 5. The van der Waals surface area contributed by atoms with E-state index in [1.807, 2.05) is 6.92 Å². The Hall–Kier alpha value is -1.59. The van der Waals surface area contributed by atoms with E-state index in [-0.39, 0.29) is 0 Å². The molecule has 5 heteroatoms. The van der Waals surface area contributed by atoms with Gasteiger partial charge in [0, 0.05) is 32.3 Å². The van der Waals surface area contributed by atoms with Gasteiger partial charge in [-0.25, -0.2) is 0 Å². The lowest BCUT2D eigenvalue weighted by atomic mass is 9.99. The number of nitrogens with zero attached hydrogens (tertiary/aromatic N) is 3. The van der Waals surface area contributed by atoms with E-state index in [4.69, 9.17) is 14.6 Å². The fourth-order valence-corrected chi connectivity index (χ4v) is 4.45. The second-order valence-corrected chi connectivity index (χ2v) is 7.50. The van der Waals surface area contributed by atoms with Gasteiger partial charge in [-0.05, 0) is 56.7 Å². The summed E-state index contributed by atoms with van der Waals surface area (Å²) in [6.45, 7) is 9.04. The molecule has 5 nitrogen and oxygen atoms in total. The van der Waals surface area contributed by atoms with E-state index in [9.17, 15) is 0 Å². The maximum atomic E-state index is 5.85. The van der Waals surface area contributed by atoms with Gasteiger partial charge in [0.25, 0.3) is 0 Å². The molecular weight excluding hydrogens is 326 g/mol. The van der Waals surface area contributed by atoms with E-state index in [1.54, 1.807) is 0 Å². The van der Waals surface area contributed by atoms with Crippen molar-refractivity contribution < 1.29 is 9.47 Å². The van der Waals surface area contributed by atoms with Crippen LogP contribution in [0.15, 0.2) is 18.2 Å². The van der Waals surface area contributed by atoms with Crippen LogP contribution in [-0.4, -0.2) is 53.6 Å². The van der Waals surface area contributed by atoms with Crippen molar-refractivity contribution in [3.8, 4) is 5.88 Å². The molecule has 2 saturated heterocycles. The van der Waals surface area contributed by atoms with Gasteiger partial charge < -0.3 is 14.4 Å². The average Bonchev–Trinajstić information content (AvgIpc) is 3.07. The summed E-state index contributed by atoms with van der Waals surface area (Å²) in [6.07, 6.45) is 5.73. The van der Waals surface area contributed by atoms with Crippen LogP contribution in [0.25, 0.3) is 10.9 Å². The average molecular weight is 357 g/mol. The van der Waals surface area contributed by atoms with Gasteiger partial charge in [-0.15, -0.1) is 5.10 Å². The molecule has 0 saturated carbocycles. The van der Waals surface area contributed by atoms with Crippen molar-refractivity contribution >= 4 is 10.9 Å². The van der Waals surface area contributed by atoms with E-state index >= 15 is 0 Å². The number of aromatic nitrogens is 2. The summed E-state index contributed by atoms with van der Waals surface area (Å²) >= 11 is 0. The molecule has 0 bridgehead atoms. The van der Waals surface area contributed by atoms with Crippen molar-refractivity contribution in [1.82, 2.24) is 14.7 Å². The highest BCUT2D eigenvalue weighted by atomic mass is 16.5. The summed E-state index contributed by atoms with van der Waals surface area (Å²) in [4.78, 5) is 2.67. The molecule has 0 atom stereocenters. The molecule has 4 rings (SSSR count). The molecule has 0 unspecified atom stereocenters. The smallest absolute Gasteiger partial charge is 0.240 e. The number of hydrogen-bond acceptors (Lipinski definition) is 4. The minimum Gasteiger partial charge on any atom is -0.476 e. The Balaban J connectivity index is 1.53. The zero-order valence-corrected chi connectivity index (χ0v) is 16.1. The van der Waals surface area contributed by atoms with Crippen LogP contribution in [0.1, 0.15) is 51.1 Å².